The van der Waals surface area contributed by atoms with Gasteiger partial charge in [-0.1, -0.05) is 12.1 Å². The SMILES string of the molecule is CCN(CC)c1ccc(CNC(C)(C)C)cc1C. The molecule has 0 aliphatic carbocycles. The summed E-state index contributed by atoms with van der Waals surface area (Å²) in [4.78, 5) is 2.40. The molecule has 0 aliphatic heterocycles. The van der Waals surface area contributed by atoms with E-state index in [0.717, 1.165) is 19.6 Å². The number of nitrogens with one attached hydrogen (secondary N) is 1. The Morgan fingerprint density at radius 2 is 1.72 bits per heavy atom. The fourth-order valence-corrected chi connectivity index (χ4v) is 2.11. The average Bonchev–Trinajstić information content (AvgIpc) is 2.29. The smallest absolute Gasteiger partial charge is 0.0395 e. The van der Waals surface area contributed by atoms with E-state index in [0.29, 0.717) is 0 Å². The van der Waals surface area contributed by atoms with Crippen molar-refractivity contribution in [2.24, 2.45) is 0 Å². The van der Waals surface area contributed by atoms with Gasteiger partial charge in [0, 0.05) is 30.9 Å². The van der Waals surface area contributed by atoms with Crippen molar-refractivity contribution in [1.82, 2.24) is 5.32 Å². The molecule has 2 heteroatoms. The molecule has 0 bridgehead atoms. The molecule has 18 heavy (non-hydrogen) atoms. The molecule has 0 atom stereocenters. The van der Waals surface area contributed by atoms with Gasteiger partial charge in [0.1, 0.15) is 0 Å². The first kappa shape index (κ1) is 15.0. The van der Waals surface area contributed by atoms with Gasteiger partial charge < -0.3 is 10.2 Å². The Hall–Kier alpha value is -1.02. The van der Waals surface area contributed by atoms with Crippen molar-refractivity contribution in [3.8, 4) is 0 Å². The van der Waals surface area contributed by atoms with Gasteiger partial charge in [-0.15, -0.1) is 0 Å². The van der Waals surface area contributed by atoms with E-state index in [-0.39, 0.29) is 5.54 Å². The van der Waals surface area contributed by atoms with Crippen LogP contribution in [0.1, 0.15) is 45.7 Å². The predicted molar refractivity (Wildman–Crippen MR) is 81.3 cm³/mol. The van der Waals surface area contributed by atoms with Crippen LogP contribution >= 0.6 is 0 Å². The van der Waals surface area contributed by atoms with Crippen LogP contribution in [-0.2, 0) is 6.54 Å². The van der Waals surface area contributed by atoms with Gasteiger partial charge in [0.2, 0.25) is 0 Å². The van der Waals surface area contributed by atoms with Crippen molar-refractivity contribution in [2.45, 2.75) is 53.6 Å². The maximum atomic E-state index is 3.53. The van der Waals surface area contributed by atoms with Gasteiger partial charge in [-0.25, -0.2) is 0 Å². The van der Waals surface area contributed by atoms with Gasteiger partial charge in [0.05, 0.1) is 0 Å². The third kappa shape index (κ3) is 4.34. The molecular weight excluding hydrogens is 220 g/mol. The van der Waals surface area contributed by atoms with Gasteiger partial charge >= 0.3 is 0 Å². The molecule has 0 aliphatic rings. The molecule has 2 nitrogen and oxygen atoms in total. The Labute approximate surface area is 112 Å². The summed E-state index contributed by atoms with van der Waals surface area (Å²) in [5.41, 5.74) is 4.26. The Morgan fingerprint density at radius 3 is 2.17 bits per heavy atom. The number of hydrogen-bond acceptors (Lipinski definition) is 2. The van der Waals surface area contributed by atoms with Crippen LogP contribution in [0.5, 0.6) is 0 Å². The van der Waals surface area contributed by atoms with Crippen LogP contribution in [0.4, 0.5) is 5.69 Å². The Bertz CT molecular complexity index is 373. The second-order valence-corrected chi connectivity index (χ2v) is 5.90. The van der Waals surface area contributed by atoms with E-state index in [1.165, 1.54) is 16.8 Å². The summed E-state index contributed by atoms with van der Waals surface area (Å²) in [6.07, 6.45) is 0. The van der Waals surface area contributed by atoms with Crippen LogP contribution < -0.4 is 10.2 Å². The summed E-state index contributed by atoms with van der Waals surface area (Å²) >= 11 is 0. The Kier molecular flexibility index (Phi) is 5.21. The number of rotatable bonds is 5. The molecule has 0 aromatic heterocycles. The third-order valence-corrected chi connectivity index (χ3v) is 3.19. The molecule has 0 radical (unpaired) electrons. The lowest BCUT2D eigenvalue weighted by Gasteiger charge is -2.24. The highest BCUT2D eigenvalue weighted by Crippen LogP contribution is 2.21. The van der Waals surface area contributed by atoms with Crippen LogP contribution in [-0.4, -0.2) is 18.6 Å². The molecular formula is C16H28N2. The summed E-state index contributed by atoms with van der Waals surface area (Å²) in [5, 5.41) is 3.53. The van der Waals surface area contributed by atoms with E-state index in [1.807, 2.05) is 0 Å². The van der Waals surface area contributed by atoms with Crippen LogP contribution in [0.25, 0.3) is 0 Å². The quantitative estimate of drug-likeness (QED) is 0.854. The maximum absolute atomic E-state index is 3.53. The number of benzene rings is 1. The first-order valence-corrected chi connectivity index (χ1v) is 6.97. The lowest BCUT2D eigenvalue weighted by atomic mass is 10.1. The minimum absolute atomic E-state index is 0.172. The normalized spacial score (nSPS) is 11.7. The monoisotopic (exact) mass is 248 g/mol. The Balaban J connectivity index is 2.79. The molecule has 1 rings (SSSR count). The molecule has 0 heterocycles. The van der Waals surface area contributed by atoms with Crippen LogP contribution in [0.3, 0.4) is 0 Å². The lowest BCUT2D eigenvalue weighted by Crippen LogP contribution is -2.35. The molecule has 0 saturated carbocycles. The van der Waals surface area contributed by atoms with E-state index >= 15 is 0 Å². The zero-order valence-corrected chi connectivity index (χ0v) is 12.8. The zero-order chi connectivity index (χ0) is 13.8. The van der Waals surface area contributed by atoms with Crippen molar-refractivity contribution in [2.75, 3.05) is 18.0 Å². The molecule has 0 unspecified atom stereocenters. The standard InChI is InChI=1S/C16H28N2/c1-7-18(8-2)15-10-9-14(11-13(15)3)12-17-16(4,5)6/h9-11,17H,7-8,12H2,1-6H3. The van der Waals surface area contributed by atoms with E-state index in [9.17, 15) is 0 Å². The summed E-state index contributed by atoms with van der Waals surface area (Å²) in [7, 11) is 0. The first-order chi connectivity index (χ1) is 8.37. The van der Waals surface area contributed by atoms with E-state index in [1.54, 1.807) is 0 Å². The second kappa shape index (κ2) is 6.24. The average molecular weight is 248 g/mol. The van der Waals surface area contributed by atoms with Gasteiger partial charge in [-0.2, -0.15) is 0 Å². The molecule has 0 amide bonds. The van der Waals surface area contributed by atoms with Crippen molar-refractivity contribution in [1.29, 1.82) is 0 Å². The Morgan fingerprint density at radius 1 is 1.11 bits per heavy atom. The highest BCUT2D eigenvalue weighted by molar-refractivity contribution is 5.54. The molecule has 0 spiro atoms. The molecule has 1 aromatic carbocycles. The fraction of sp³-hybridized carbons (Fsp3) is 0.625. The largest absolute Gasteiger partial charge is 0.372 e. The number of aryl methyl sites for hydroxylation is 1. The van der Waals surface area contributed by atoms with Gasteiger partial charge in [-0.05, 0) is 58.7 Å². The van der Waals surface area contributed by atoms with E-state index in [4.69, 9.17) is 0 Å². The van der Waals surface area contributed by atoms with Crippen LogP contribution in [0.2, 0.25) is 0 Å². The highest BCUT2D eigenvalue weighted by Gasteiger charge is 2.10. The first-order valence-electron chi connectivity index (χ1n) is 6.97. The number of nitrogens with zero attached hydrogens (tertiary/aromatic N) is 1. The fourth-order valence-electron chi connectivity index (χ4n) is 2.11. The second-order valence-electron chi connectivity index (χ2n) is 5.90. The minimum atomic E-state index is 0.172. The molecule has 1 N–H and O–H groups in total. The van der Waals surface area contributed by atoms with Crippen molar-refractivity contribution in [3.63, 3.8) is 0 Å². The van der Waals surface area contributed by atoms with Crippen LogP contribution in [0, 0.1) is 6.92 Å². The van der Waals surface area contributed by atoms with E-state index < -0.39 is 0 Å². The van der Waals surface area contributed by atoms with Gasteiger partial charge in [0.25, 0.3) is 0 Å². The van der Waals surface area contributed by atoms with Crippen LogP contribution in [0.15, 0.2) is 18.2 Å². The third-order valence-electron chi connectivity index (χ3n) is 3.19. The van der Waals surface area contributed by atoms with Crippen molar-refractivity contribution in [3.05, 3.63) is 29.3 Å². The minimum Gasteiger partial charge on any atom is -0.372 e. The highest BCUT2D eigenvalue weighted by atomic mass is 15.1. The summed E-state index contributed by atoms with van der Waals surface area (Å²) in [6.45, 7) is 16.3. The van der Waals surface area contributed by atoms with Gasteiger partial charge in [-0.3, -0.25) is 0 Å². The zero-order valence-electron chi connectivity index (χ0n) is 12.8. The maximum Gasteiger partial charge on any atom is 0.0395 e. The molecule has 1 aromatic rings. The van der Waals surface area contributed by atoms with E-state index in [2.05, 4.69) is 70.0 Å². The van der Waals surface area contributed by atoms with Crippen molar-refractivity contribution < 1.29 is 0 Å². The molecule has 102 valence electrons. The summed E-state index contributed by atoms with van der Waals surface area (Å²) in [6, 6.07) is 6.79. The molecule has 0 saturated heterocycles. The van der Waals surface area contributed by atoms with Crippen molar-refractivity contribution >= 4 is 5.69 Å². The number of hydrogen-bond donors (Lipinski definition) is 1. The summed E-state index contributed by atoms with van der Waals surface area (Å²) in [5.74, 6) is 0. The molecule has 0 fully saturated rings. The topological polar surface area (TPSA) is 15.3 Å². The predicted octanol–water partition coefficient (Wildman–Crippen LogP) is 3.73. The van der Waals surface area contributed by atoms with Gasteiger partial charge in [0.15, 0.2) is 0 Å². The summed E-state index contributed by atoms with van der Waals surface area (Å²) < 4.78 is 0. The lowest BCUT2D eigenvalue weighted by molar-refractivity contribution is 0.424. The number of anilines is 1.